The number of benzene rings is 3. The van der Waals surface area contributed by atoms with E-state index in [1.54, 1.807) is 7.11 Å². The molecule has 0 unspecified atom stereocenters. The standard InChI is InChI=1S/C21H15BrN2O2/c1-25-17-8-7-13(10-16(17)22)19-15(11-23)21(24)26-18-9-6-12-4-2-3-5-14(12)20(18)19/h2-10,19H,24H2,1H3/t19-/m0/s1. The molecule has 1 aliphatic heterocycles. The number of fused-ring (bicyclic) bond motifs is 3. The summed E-state index contributed by atoms with van der Waals surface area (Å²) in [6.07, 6.45) is 0. The normalized spacial score (nSPS) is 16.0. The average molecular weight is 407 g/mol. The Morgan fingerprint density at radius 3 is 2.69 bits per heavy atom. The molecule has 0 fully saturated rings. The molecule has 128 valence electrons. The Balaban J connectivity index is 2.03. The van der Waals surface area contributed by atoms with Crippen molar-refractivity contribution in [1.82, 2.24) is 0 Å². The van der Waals surface area contributed by atoms with Gasteiger partial charge in [-0.1, -0.05) is 36.4 Å². The zero-order valence-electron chi connectivity index (χ0n) is 14.0. The first kappa shape index (κ1) is 16.5. The van der Waals surface area contributed by atoms with E-state index in [9.17, 15) is 5.26 Å². The second kappa shape index (κ2) is 6.40. The number of nitrogens with zero attached hydrogens (tertiary/aromatic N) is 1. The number of methoxy groups -OCH3 is 1. The number of hydrogen-bond donors (Lipinski definition) is 1. The first-order valence-corrected chi connectivity index (χ1v) is 8.86. The minimum absolute atomic E-state index is 0.146. The van der Waals surface area contributed by atoms with Gasteiger partial charge in [-0.2, -0.15) is 5.26 Å². The van der Waals surface area contributed by atoms with Gasteiger partial charge in [0.1, 0.15) is 23.1 Å². The fourth-order valence-electron chi connectivity index (χ4n) is 3.44. The van der Waals surface area contributed by atoms with Crippen LogP contribution in [0.15, 0.2) is 70.5 Å². The van der Waals surface area contributed by atoms with Crippen molar-refractivity contribution in [2.24, 2.45) is 5.73 Å². The van der Waals surface area contributed by atoms with Crippen LogP contribution in [0, 0.1) is 11.3 Å². The molecule has 2 N–H and O–H groups in total. The van der Waals surface area contributed by atoms with Crippen molar-refractivity contribution in [3.63, 3.8) is 0 Å². The Morgan fingerprint density at radius 2 is 1.96 bits per heavy atom. The van der Waals surface area contributed by atoms with E-state index in [2.05, 4.69) is 22.0 Å². The molecule has 4 nitrogen and oxygen atoms in total. The van der Waals surface area contributed by atoms with Crippen LogP contribution in [0.2, 0.25) is 0 Å². The summed E-state index contributed by atoms with van der Waals surface area (Å²) in [6, 6.07) is 20.0. The average Bonchev–Trinajstić information content (AvgIpc) is 2.66. The number of rotatable bonds is 2. The number of hydrogen-bond acceptors (Lipinski definition) is 4. The van der Waals surface area contributed by atoms with Gasteiger partial charge in [-0.25, -0.2) is 0 Å². The van der Waals surface area contributed by atoms with E-state index in [-0.39, 0.29) is 11.8 Å². The van der Waals surface area contributed by atoms with Crippen molar-refractivity contribution < 1.29 is 9.47 Å². The monoisotopic (exact) mass is 406 g/mol. The minimum Gasteiger partial charge on any atom is -0.496 e. The molecule has 0 spiro atoms. The van der Waals surface area contributed by atoms with E-state index in [1.165, 1.54) is 0 Å². The van der Waals surface area contributed by atoms with Gasteiger partial charge in [-0.3, -0.25) is 0 Å². The van der Waals surface area contributed by atoms with E-state index < -0.39 is 0 Å². The van der Waals surface area contributed by atoms with Crippen LogP contribution in [0.3, 0.4) is 0 Å². The third-order valence-electron chi connectivity index (χ3n) is 4.62. The zero-order chi connectivity index (χ0) is 18.3. The lowest BCUT2D eigenvalue weighted by molar-refractivity contribution is 0.394. The highest BCUT2D eigenvalue weighted by molar-refractivity contribution is 9.10. The molecule has 0 saturated carbocycles. The number of halogens is 1. The van der Waals surface area contributed by atoms with Gasteiger partial charge >= 0.3 is 0 Å². The van der Waals surface area contributed by atoms with E-state index in [0.717, 1.165) is 32.1 Å². The highest BCUT2D eigenvalue weighted by atomic mass is 79.9. The highest BCUT2D eigenvalue weighted by Crippen LogP contribution is 2.46. The van der Waals surface area contributed by atoms with E-state index in [0.29, 0.717) is 11.3 Å². The first-order chi connectivity index (χ1) is 12.6. The molecule has 1 aliphatic rings. The van der Waals surface area contributed by atoms with Crippen LogP contribution < -0.4 is 15.2 Å². The molecule has 0 aromatic heterocycles. The molecule has 0 saturated heterocycles. The fourth-order valence-corrected chi connectivity index (χ4v) is 4.00. The highest BCUT2D eigenvalue weighted by Gasteiger charge is 2.32. The Labute approximate surface area is 159 Å². The number of ether oxygens (including phenoxy) is 2. The predicted molar refractivity (Wildman–Crippen MR) is 104 cm³/mol. The van der Waals surface area contributed by atoms with Gasteiger partial charge in [0.05, 0.1) is 17.5 Å². The molecule has 0 amide bonds. The maximum Gasteiger partial charge on any atom is 0.205 e. The van der Waals surface area contributed by atoms with E-state index >= 15 is 0 Å². The van der Waals surface area contributed by atoms with Gasteiger partial charge < -0.3 is 15.2 Å². The van der Waals surface area contributed by atoms with Crippen molar-refractivity contribution >= 4 is 26.7 Å². The van der Waals surface area contributed by atoms with Crippen LogP contribution in [-0.2, 0) is 0 Å². The van der Waals surface area contributed by atoms with Crippen LogP contribution in [0.1, 0.15) is 17.0 Å². The second-order valence-corrected chi connectivity index (χ2v) is 6.87. The van der Waals surface area contributed by atoms with Gasteiger partial charge in [0.15, 0.2) is 0 Å². The van der Waals surface area contributed by atoms with Gasteiger partial charge in [0.25, 0.3) is 0 Å². The van der Waals surface area contributed by atoms with Crippen LogP contribution in [0.25, 0.3) is 10.8 Å². The smallest absolute Gasteiger partial charge is 0.205 e. The first-order valence-electron chi connectivity index (χ1n) is 8.06. The van der Waals surface area contributed by atoms with Crippen molar-refractivity contribution in [3.05, 3.63) is 81.7 Å². The number of nitriles is 1. The molecule has 1 atom stereocenters. The zero-order valence-corrected chi connectivity index (χ0v) is 15.6. The fraction of sp³-hybridized carbons (Fsp3) is 0.0952. The summed E-state index contributed by atoms with van der Waals surface area (Å²) in [5.74, 6) is 1.25. The predicted octanol–water partition coefficient (Wildman–Crippen LogP) is 4.83. The Morgan fingerprint density at radius 1 is 1.15 bits per heavy atom. The lowest BCUT2D eigenvalue weighted by atomic mass is 9.81. The number of nitrogens with two attached hydrogens (primary N) is 1. The van der Waals surface area contributed by atoms with Gasteiger partial charge in [0.2, 0.25) is 5.88 Å². The molecule has 0 bridgehead atoms. The van der Waals surface area contributed by atoms with Crippen LogP contribution in [0.4, 0.5) is 0 Å². The molecule has 4 rings (SSSR count). The summed E-state index contributed by atoms with van der Waals surface area (Å²) in [4.78, 5) is 0. The van der Waals surface area contributed by atoms with Crippen LogP contribution in [0.5, 0.6) is 11.5 Å². The van der Waals surface area contributed by atoms with Gasteiger partial charge in [-0.15, -0.1) is 0 Å². The molecule has 0 radical (unpaired) electrons. The lowest BCUT2D eigenvalue weighted by Crippen LogP contribution is -2.21. The molecular formula is C21H15BrN2O2. The van der Waals surface area contributed by atoms with Gasteiger partial charge in [-0.05, 0) is 50.5 Å². The summed E-state index contributed by atoms with van der Waals surface area (Å²) < 4.78 is 11.9. The molecule has 3 aromatic carbocycles. The Bertz CT molecular complexity index is 1100. The van der Waals surface area contributed by atoms with E-state index in [4.69, 9.17) is 15.2 Å². The summed E-state index contributed by atoms with van der Waals surface area (Å²) in [5, 5.41) is 11.9. The second-order valence-electron chi connectivity index (χ2n) is 6.02. The molecular weight excluding hydrogens is 392 g/mol. The van der Waals surface area contributed by atoms with Crippen molar-refractivity contribution in [3.8, 4) is 17.6 Å². The summed E-state index contributed by atoms with van der Waals surface area (Å²) in [5.41, 5.74) is 8.37. The van der Waals surface area contributed by atoms with Crippen LogP contribution >= 0.6 is 15.9 Å². The Hall–Kier alpha value is -2.97. The molecule has 3 aromatic rings. The van der Waals surface area contributed by atoms with Crippen molar-refractivity contribution in [1.29, 1.82) is 5.26 Å². The minimum atomic E-state index is -0.308. The summed E-state index contributed by atoms with van der Waals surface area (Å²) in [6.45, 7) is 0. The largest absolute Gasteiger partial charge is 0.496 e. The summed E-state index contributed by atoms with van der Waals surface area (Å²) >= 11 is 3.53. The van der Waals surface area contributed by atoms with Crippen molar-refractivity contribution in [2.45, 2.75) is 5.92 Å². The third kappa shape index (κ3) is 2.51. The number of allylic oxidation sites excluding steroid dienone is 1. The maximum atomic E-state index is 9.76. The summed E-state index contributed by atoms with van der Waals surface area (Å²) in [7, 11) is 1.62. The molecule has 26 heavy (non-hydrogen) atoms. The Kier molecular flexibility index (Phi) is 4.06. The third-order valence-corrected chi connectivity index (χ3v) is 5.24. The SMILES string of the molecule is COc1ccc([C@H]2C(C#N)=C(N)Oc3ccc4ccccc4c32)cc1Br. The van der Waals surface area contributed by atoms with Crippen LogP contribution in [-0.4, -0.2) is 7.11 Å². The quantitative estimate of drug-likeness (QED) is 0.661. The molecule has 5 heteroatoms. The topological polar surface area (TPSA) is 68.3 Å². The molecule has 0 aliphatic carbocycles. The van der Waals surface area contributed by atoms with Gasteiger partial charge in [0, 0.05) is 5.56 Å². The van der Waals surface area contributed by atoms with E-state index in [1.807, 2.05) is 54.6 Å². The van der Waals surface area contributed by atoms with Crippen molar-refractivity contribution in [2.75, 3.05) is 7.11 Å². The lowest BCUT2D eigenvalue weighted by Gasteiger charge is -2.28. The maximum absolute atomic E-state index is 9.76. The molecule has 1 heterocycles.